The van der Waals surface area contributed by atoms with Crippen molar-refractivity contribution in [3.05, 3.63) is 0 Å². The van der Waals surface area contributed by atoms with Crippen LogP contribution in [0.15, 0.2) is 0 Å². The van der Waals surface area contributed by atoms with Gasteiger partial charge in [0.25, 0.3) is 0 Å². The fourth-order valence-corrected chi connectivity index (χ4v) is 3.53. The monoisotopic (exact) mass is 327 g/mol. The minimum Gasteiger partial charge on any atom is -0.481 e. The van der Waals surface area contributed by atoms with Crippen LogP contribution in [0.5, 0.6) is 0 Å². The molecule has 1 amide bonds. The van der Waals surface area contributed by atoms with E-state index in [1.807, 2.05) is 0 Å². The standard InChI is InChI=1S/C17H29NO5/c1-13-3-2-4-15(11-13)23-12-16(19)18(8-5-17(20)21)14-6-9-22-10-7-14/h13-15H,2-12H2,1H3,(H,20,21)/t13-,15-/m0/s1. The van der Waals surface area contributed by atoms with Crippen molar-refractivity contribution >= 4 is 11.9 Å². The highest BCUT2D eigenvalue weighted by Gasteiger charge is 2.27. The van der Waals surface area contributed by atoms with Gasteiger partial charge >= 0.3 is 5.97 Å². The first kappa shape index (κ1) is 18.2. The fraction of sp³-hybridized carbons (Fsp3) is 0.882. The van der Waals surface area contributed by atoms with Crippen molar-refractivity contribution in [2.75, 3.05) is 26.4 Å². The minimum atomic E-state index is -0.878. The second-order valence-electron chi connectivity index (χ2n) is 6.78. The van der Waals surface area contributed by atoms with Gasteiger partial charge in [0.05, 0.1) is 12.5 Å². The Balaban J connectivity index is 1.85. The predicted molar refractivity (Wildman–Crippen MR) is 85.2 cm³/mol. The second-order valence-corrected chi connectivity index (χ2v) is 6.78. The molecule has 1 N–H and O–H groups in total. The van der Waals surface area contributed by atoms with Crippen molar-refractivity contribution < 1.29 is 24.2 Å². The first-order valence-electron chi connectivity index (χ1n) is 8.77. The number of carboxylic acids is 1. The number of carboxylic acid groups (broad SMARTS) is 1. The predicted octanol–water partition coefficient (Wildman–Crippen LogP) is 2.06. The van der Waals surface area contributed by atoms with Gasteiger partial charge in [-0.25, -0.2) is 0 Å². The van der Waals surface area contributed by atoms with Crippen LogP contribution in [-0.2, 0) is 19.1 Å². The van der Waals surface area contributed by atoms with Gasteiger partial charge in [-0.05, 0) is 31.6 Å². The molecule has 6 heteroatoms. The summed E-state index contributed by atoms with van der Waals surface area (Å²) >= 11 is 0. The molecule has 0 radical (unpaired) electrons. The van der Waals surface area contributed by atoms with E-state index < -0.39 is 5.97 Å². The average molecular weight is 327 g/mol. The summed E-state index contributed by atoms with van der Waals surface area (Å²) in [6.45, 7) is 3.79. The van der Waals surface area contributed by atoms with Crippen LogP contribution in [0.3, 0.4) is 0 Å². The van der Waals surface area contributed by atoms with Crippen LogP contribution < -0.4 is 0 Å². The minimum absolute atomic E-state index is 0.0242. The zero-order valence-electron chi connectivity index (χ0n) is 14.0. The molecule has 23 heavy (non-hydrogen) atoms. The first-order valence-corrected chi connectivity index (χ1v) is 8.77. The summed E-state index contributed by atoms with van der Waals surface area (Å²) in [5, 5.41) is 8.91. The molecule has 1 aliphatic carbocycles. The third kappa shape index (κ3) is 6.11. The molecule has 132 valence electrons. The van der Waals surface area contributed by atoms with Gasteiger partial charge in [0.2, 0.25) is 5.91 Å². The van der Waals surface area contributed by atoms with E-state index in [4.69, 9.17) is 14.6 Å². The lowest BCUT2D eigenvalue weighted by Crippen LogP contribution is -2.46. The molecule has 0 aromatic heterocycles. The molecule has 2 fully saturated rings. The number of aliphatic carboxylic acids is 1. The maximum absolute atomic E-state index is 12.5. The molecule has 1 heterocycles. The Labute approximate surface area is 138 Å². The Bertz CT molecular complexity index is 394. The van der Waals surface area contributed by atoms with Gasteiger partial charge in [0.15, 0.2) is 0 Å². The Morgan fingerprint density at radius 2 is 1.96 bits per heavy atom. The molecule has 1 saturated heterocycles. The van der Waals surface area contributed by atoms with Crippen LogP contribution in [-0.4, -0.2) is 60.4 Å². The second kappa shape index (κ2) is 9.23. The van der Waals surface area contributed by atoms with E-state index in [9.17, 15) is 9.59 Å². The Morgan fingerprint density at radius 3 is 2.61 bits per heavy atom. The number of carbonyl (C=O) groups excluding carboxylic acids is 1. The third-order valence-electron chi connectivity index (χ3n) is 4.85. The van der Waals surface area contributed by atoms with E-state index in [0.29, 0.717) is 19.1 Å². The molecule has 0 bridgehead atoms. The third-order valence-corrected chi connectivity index (χ3v) is 4.85. The highest BCUT2D eigenvalue weighted by atomic mass is 16.5. The van der Waals surface area contributed by atoms with Crippen LogP contribution >= 0.6 is 0 Å². The molecular formula is C17H29NO5. The van der Waals surface area contributed by atoms with Gasteiger partial charge in [-0.2, -0.15) is 0 Å². The van der Waals surface area contributed by atoms with Crippen molar-refractivity contribution in [2.24, 2.45) is 5.92 Å². The highest BCUT2D eigenvalue weighted by molar-refractivity contribution is 5.78. The molecular weight excluding hydrogens is 298 g/mol. The topological polar surface area (TPSA) is 76.1 Å². The van der Waals surface area contributed by atoms with Gasteiger partial charge in [0, 0.05) is 25.8 Å². The summed E-state index contributed by atoms with van der Waals surface area (Å²) < 4.78 is 11.2. The molecule has 2 rings (SSSR count). The number of nitrogens with zero attached hydrogens (tertiary/aromatic N) is 1. The molecule has 0 aromatic rings. The van der Waals surface area contributed by atoms with Crippen molar-refractivity contribution in [3.8, 4) is 0 Å². The Hall–Kier alpha value is -1.14. The molecule has 1 aliphatic heterocycles. The molecule has 0 unspecified atom stereocenters. The number of amides is 1. The fourth-order valence-electron chi connectivity index (χ4n) is 3.53. The lowest BCUT2D eigenvalue weighted by Gasteiger charge is -2.35. The zero-order valence-corrected chi connectivity index (χ0v) is 14.0. The lowest BCUT2D eigenvalue weighted by atomic mass is 9.89. The number of hydrogen-bond donors (Lipinski definition) is 1. The summed E-state index contributed by atoms with van der Waals surface area (Å²) in [4.78, 5) is 25.1. The average Bonchev–Trinajstić information content (AvgIpc) is 2.54. The molecule has 2 aliphatic rings. The van der Waals surface area contributed by atoms with E-state index in [2.05, 4.69) is 6.92 Å². The number of carbonyl (C=O) groups is 2. The molecule has 2 atom stereocenters. The van der Waals surface area contributed by atoms with Crippen molar-refractivity contribution in [1.82, 2.24) is 4.90 Å². The summed E-state index contributed by atoms with van der Waals surface area (Å²) in [7, 11) is 0. The van der Waals surface area contributed by atoms with Crippen LogP contribution in [0.4, 0.5) is 0 Å². The molecule has 6 nitrogen and oxygen atoms in total. The summed E-state index contributed by atoms with van der Waals surface area (Å²) in [6.07, 6.45) is 6.10. The lowest BCUT2D eigenvalue weighted by molar-refractivity contribution is -0.145. The maximum Gasteiger partial charge on any atom is 0.305 e. The number of rotatable bonds is 7. The van der Waals surface area contributed by atoms with Crippen LogP contribution in [0, 0.1) is 5.92 Å². The van der Waals surface area contributed by atoms with Crippen molar-refractivity contribution in [3.63, 3.8) is 0 Å². The number of ether oxygens (including phenoxy) is 2. The summed E-state index contributed by atoms with van der Waals surface area (Å²) in [5.41, 5.74) is 0. The van der Waals surface area contributed by atoms with Crippen LogP contribution in [0.2, 0.25) is 0 Å². The normalized spacial score (nSPS) is 26.0. The molecule has 1 saturated carbocycles. The van der Waals surface area contributed by atoms with Gasteiger partial charge in [0.1, 0.15) is 6.61 Å². The van der Waals surface area contributed by atoms with E-state index in [1.54, 1.807) is 4.90 Å². The first-order chi connectivity index (χ1) is 11.1. The van der Waals surface area contributed by atoms with Crippen LogP contribution in [0.1, 0.15) is 51.9 Å². The van der Waals surface area contributed by atoms with E-state index in [-0.39, 0.29) is 37.6 Å². The van der Waals surface area contributed by atoms with Gasteiger partial charge in [-0.15, -0.1) is 0 Å². The quantitative estimate of drug-likeness (QED) is 0.774. The van der Waals surface area contributed by atoms with E-state index in [0.717, 1.165) is 32.1 Å². The van der Waals surface area contributed by atoms with E-state index in [1.165, 1.54) is 6.42 Å². The van der Waals surface area contributed by atoms with Gasteiger partial charge in [-0.1, -0.05) is 19.8 Å². The smallest absolute Gasteiger partial charge is 0.305 e. The Morgan fingerprint density at radius 1 is 1.22 bits per heavy atom. The van der Waals surface area contributed by atoms with Crippen molar-refractivity contribution in [2.45, 2.75) is 64.0 Å². The zero-order chi connectivity index (χ0) is 16.7. The van der Waals surface area contributed by atoms with E-state index >= 15 is 0 Å². The number of hydrogen-bond acceptors (Lipinski definition) is 4. The van der Waals surface area contributed by atoms with Crippen LogP contribution in [0.25, 0.3) is 0 Å². The maximum atomic E-state index is 12.5. The SMILES string of the molecule is C[C@H]1CCC[C@H](OCC(=O)N(CCC(=O)O)C2CCOCC2)C1. The van der Waals surface area contributed by atoms with Gasteiger partial charge in [-0.3, -0.25) is 9.59 Å². The molecule has 0 spiro atoms. The highest BCUT2D eigenvalue weighted by Crippen LogP contribution is 2.26. The molecule has 0 aromatic carbocycles. The van der Waals surface area contributed by atoms with Gasteiger partial charge < -0.3 is 19.5 Å². The summed E-state index contributed by atoms with van der Waals surface area (Å²) in [6, 6.07) is 0.0736. The van der Waals surface area contributed by atoms with Crippen molar-refractivity contribution in [1.29, 1.82) is 0 Å². The largest absolute Gasteiger partial charge is 0.481 e. The summed E-state index contributed by atoms with van der Waals surface area (Å²) in [5.74, 6) is -0.310. The Kier molecular flexibility index (Phi) is 7.30.